The van der Waals surface area contributed by atoms with Gasteiger partial charge in [-0.25, -0.2) is 4.79 Å². The number of carbonyl (C=O) groups is 1. The zero-order valence-corrected chi connectivity index (χ0v) is 11.6. The lowest BCUT2D eigenvalue weighted by atomic mass is 9.96. The fourth-order valence-electron chi connectivity index (χ4n) is 2.60. The maximum atomic E-state index is 12.0. The van der Waals surface area contributed by atoms with E-state index in [1.165, 1.54) is 25.9 Å². The van der Waals surface area contributed by atoms with Gasteiger partial charge in [0.1, 0.15) is 0 Å². The smallest absolute Gasteiger partial charge is 0.325 e. The summed E-state index contributed by atoms with van der Waals surface area (Å²) in [4.78, 5) is 12.0. The van der Waals surface area contributed by atoms with Gasteiger partial charge in [-0.15, -0.1) is 0 Å². The molecule has 0 aliphatic carbocycles. The minimum atomic E-state index is -0.0356. The summed E-state index contributed by atoms with van der Waals surface area (Å²) in [6, 6.07) is 7.98. The first-order valence-corrected chi connectivity index (χ1v) is 7.38. The maximum absolute atomic E-state index is 12.0. The van der Waals surface area contributed by atoms with Crippen LogP contribution in [-0.2, 0) is 0 Å². The van der Waals surface area contributed by atoms with E-state index in [2.05, 4.69) is 10.6 Å². The molecule has 106 valence electrons. The summed E-state index contributed by atoms with van der Waals surface area (Å²) >= 11 is 0. The number of amides is 1. The van der Waals surface area contributed by atoms with Crippen LogP contribution in [0.1, 0.15) is 19.3 Å². The van der Waals surface area contributed by atoms with Crippen LogP contribution < -0.4 is 10.6 Å². The highest BCUT2D eigenvalue weighted by Gasteiger charge is 2.15. The highest BCUT2D eigenvalue weighted by molar-refractivity contribution is 5.88. The van der Waals surface area contributed by atoms with Gasteiger partial charge in [0.05, 0.1) is 0 Å². The number of fused-ring (bicyclic) bond motifs is 1. The van der Waals surface area contributed by atoms with Crippen molar-refractivity contribution in [2.45, 2.75) is 19.3 Å². The number of rotatable bonds is 5. The zero-order valence-electron chi connectivity index (χ0n) is 11.6. The molecule has 4 nitrogen and oxygen atoms in total. The zero-order chi connectivity index (χ0) is 13.8. The fraction of sp³-hybridized carbons (Fsp3) is 0.438. The molecule has 1 fully saturated rings. The number of nitrogens with zero attached hydrogens (tertiary/aromatic N) is 1. The molecule has 0 bridgehead atoms. The van der Waals surface area contributed by atoms with Crippen molar-refractivity contribution in [3.63, 3.8) is 0 Å². The van der Waals surface area contributed by atoms with Crippen LogP contribution in [0.2, 0.25) is 0 Å². The van der Waals surface area contributed by atoms with Crippen molar-refractivity contribution < 1.29 is 4.79 Å². The van der Waals surface area contributed by atoms with Crippen LogP contribution in [0.25, 0.3) is 10.8 Å². The van der Waals surface area contributed by atoms with Crippen molar-refractivity contribution in [3.8, 4) is 0 Å². The highest BCUT2D eigenvalue weighted by Crippen LogP contribution is 2.14. The lowest BCUT2D eigenvalue weighted by Crippen LogP contribution is -2.41. The number of carbonyl (C=O) groups excluding carboxylic acids is 1. The molecule has 2 heterocycles. The highest BCUT2D eigenvalue weighted by atomic mass is 16.2. The summed E-state index contributed by atoms with van der Waals surface area (Å²) in [5.74, 6) is 0.862. The Morgan fingerprint density at radius 3 is 2.50 bits per heavy atom. The average molecular weight is 271 g/mol. The Balaban J connectivity index is 1.43. The predicted molar refractivity (Wildman–Crippen MR) is 80.9 cm³/mol. The molecule has 1 aliphatic rings. The Bertz CT molecular complexity index is 553. The Hall–Kier alpha value is -1.81. The van der Waals surface area contributed by atoms with Crippen molar-refractivity contribution in [3.05, 3.63) is 36.7 Å². The van der Waals surface area contributed by atoms with E-state index in [0.29, 0.717) is 0 Å². The molecule has 0 saturated carbocycles. The van der Waals surface area contributed by atoms with Crippen molar-refractivity contribution in [2.24, 2.45) is 5.92 Å². The number of nitrogens with one attached hydrogen (secondary N) is 2. The normalized spacial score (nSPS) is 15.2. The molecule has 2 N–H and O–H groups in total. The van der Waals surface area contributed by atoms with Crippen molar-refractivity contribution >= 4 is 16.8 Å². The maximum Gasteiger partial charge on any atom is 0.325 e. The van der Waals surface area contributed by atoms with Gasteiger partial charge in [0.2, 0.25) is 0 Å². The predicted octanol–water partition coefficient (Wildman–Crippen LogP) is 2.59. The molecule has 4 heteroatoms. The minimum absolute atomic E-state index is 0.0356. The van der Waals surface area contributed by atoms with E-state index < -0.39 is 0 Å². The second-order valence-corrected chi connectivity index (χ2v) is 5.55. The summed E-state index contributed by atoms with van der Waals surface area (Å²) < 4.78 is 1.64. The van der Waals surface area contributed by atoms with Gasteiger partial charge in [-0.3, -0.25) is 4.57 Å². The summed E-state index contributed by atoms with van der Waals surface area (Å²) in [5, 5.41) is 8.45. The Labute approximate surface area is 119 Å². The van der Waals surface area contributed by atoms with Crippen LogP contribution in [0.4, 0.5) is 4.79 Å². The summed E-state index contributed by atoms with van der Waals surface area (Å²) in [6.45, 7) is 3.10. The first-order valence-electron chi connectivity index (χ1n) is 7.38. The fourth-order valence-corrected chi connectivity index (χ4v) is 2.60. The number of aromatic nitrogens is 1. The molecule has 0 atom stereocenters. The van der Waals surface area contributed by atoms with Crippen molar-refractivity contribution in [2.75, 3.05) is 19.6 Å². The van der Waals surface area contributed by atoms with E-state index in [-0.39, 0.29) is 6.03 Å². The molecule has 1 aromatic heterocycles. The van der Waals surface area contributed by atoms with Crippen LogP contribution in [-0.4, -0.2) is 30.2 Å². The second kappa shape index (κ2) is 6.09. The third-order valence-electron chi connectivity index (χ3n) is 3.97. The molecular weight excluding hydrogens is 250 g/mol. The standard InChI is InChI=1S/C16H21N3O/c20-16(18-8-4-3-5-13-9-17-10-13)19-11-14-6-1-2-7-15(14)12-19/h1-2,6-7,11-13,17H,3-5,8-10H2,(H,18,20). The molecule has 2 aromatic rings. The van der Waals surface area contributed by atoms with E-state index in [1.807, 2.05) is 36.7 Å². The number of hydrogen-bond donors (Lipinski definition) is 2. The lowest BCUT2D eigenvalue weighted by molar-refractivity contribution is 0.242. The van der Waals surface area contributed by atoms with Crippen LogP contribution in [0.5, 0.6) is 0 Å². The molecule has 3 rings (SSSR count). The summed E-state index contributed by atoms with van der Waals surface area (Å²) in [7, 11) is 0. The third kappa shape index (κ3) is 3.02. The number of benzene rings is 1. The number of hydrogen-bond acceptors (Lipinski definition) is 2. The van der Waals surface area contributed by atoms with Gasteiger partial charge < -0.3 is 10.6 Å². The first kappa shape index (κ1) is 13.2. The van der Waals surface area contributed by atoms with E-state index in [1.54, 1.807) is 4.57 Å². The Morgan fingerprint density at radius 2 is 1.90 bits per heavy atom. The van der Waals surface area contributed by atoms with Gasteiger partial charge in [0, 0.05) is 18.9 Å². The average Bonchev–Trinajstić information content (AvgIpc) is 2.84. The van der Waals surface area contributed by atoms with Gasteiger partial charge in [-0.1, -0.05) is 30.7 Å². The quantitative estimate of drug-likeness (QED) is 0.821. The molecule has 1 saturated heterocycles. The molecule has 0 unspecified atom stereocenters. The molecule has 20 heavy (non-hydrogen) atoms. The van der Waals surface area contributed by atoms with Crippen LogP contribution in [0, 0.1) is 5.92 Å². The molecular formula is C16H21N3O. The van der Waals surface area contributed by atoms with Crippen LogP contribution >= 0.6 is 0 Å². The summed E-state index contributed by atoms with van der Waals surface area (Å²) in [6.07, 6.45) is 7.29. The Kier molecular flexibility index (Phi) is 4.02. The van der Waals surface area contributed by atoms with Crippen molar-refractivity contribution in [1.29, 1.82) is 0 Å². The third-order valence-corrected chi connectivity index (χ3v) is 3.97. The van der Waals surface area contributed by atoms with Gasteiger partial charge >= 0.3 is 6.03 Å². The minimum Gasteiger partial charge on any atom is -0.337 e. The largest absolute Gasteiger partial charge is 0.337 e. The van der Waals surface area contributed by atoms with Gasteiger partial charge in [-0.05, 0) is 42.6 Å². The Morgan fingerprint density at radius 1 is 1.20 bits per heavy atom. The molecule has 1 amide bonds. The van der Waals surface area contributed by atoms with E-state index in [4.69, 9.17) is 0 Å². The van der Waals surface area contributed by atoms with Crippen LogP contribution in [0.3, 0.4) is 0 Å². The van der Waals surface area contributed by atoms with E-state index >= 15 is 0 Å². The van der Waals surface area contributed by atoms with Gasteiger partial charge in [-0.2, -0.15) is 0 Å². The second-order valence-electron chi connectivity index (χ2n) is 5.55. The summed E-state index contributed by atoms with van der Waals surface area (Å²) in [5.41, 5.74) is 0. The lowest BCUT2D eigenvalue weighted by Gasteiger charge is -2.26. The van der Waals surface area contributed by atoms with Gasteiger partial charge in [0.15, 0.2) is 0 Å². The molecule has 1 aromatic carbocycles. The van der Waals surface area contributed by atoms with Crippen molar-refractivity contribution in [1.82, 2.24) is 15.2 Å². The molecule has 0 spiro atoms. The van der Waals surface area contributed by atoms with E-state index in [9.17, 15) is 4.79 Å². The van der Waals surface area contributed by atoms with Gasteiger partial charge in [0.25, 0.3) is 0 Å². The SMILES string of the molecule is O=C(NCCCCC1CNC1)n1cc2ccccc2c1. The molecule has 1 aliphatic heterocycles. The van der Waals surface area contributed by atoms with E-state index in [0.717, 1.165) is 29.7 Å². The first-order chi connectivity index (χ1) is 9.83. The monoisotopic (exact) mass is 271 g/mol. The van der Waals surface area contributed by atoms with Crippen LogP contribution in [0.15, 0.2) is 36.7 Å². The number of unbranched alkanes of at least 4 members (excludes halogenated alkanes) is 1. The topological polar surface area (TPSA) is 46.1 Å². The molecule has 0 radical (unpaired) electrons.